The summed E-state index contributed by atoms with van der Waals surface area (Å²) >= 11 is 1.44. The molecule has 27 heavy (non-hydrogen) atoms. The second-order valence-corrected chi connectivity index (χ2v) is 7.73. The highest BCUT2D eigenvalue weighted by Crippen LogP contribution is 2.31. The van der Waals surface area contributed by atoms with Gasteiger partial charge in [0, 0.05) is 29.4 Å². The molecule has 0 fully saturated rings. The molecule has 3 rings (SSSR count). The Balaban J connectivity index is 1.67. The summed E-state index contributed by atoms with van der Waals surface area (Å²) in [5.41, 5.74) is 2.13. The minimum atomic E-state index is -4.32. The fourth-order valence-corrected chi connectivity index (χ4v) is 3.56. The number of benzene rings is 1. The number of nitrogens with zero attached hydrogens (tertiary/aromatic N) is 2. The SMILES string of the molecule is CC(C)CNCc1cccn1Cc1csc(-c2ccc(C(F)(F)F)cc2)n1. The fourth-order valence-electron chi connectivity index (χ4n) is 2.74. The van der Waals surface area contributed by atoms with Gasteiger partial charge in [-0.2, -0.15) is 13.2 Å². The molecule has 3 aromatic rings. The summed E-state index contributed by atoms with van der Waals surface area (Å²) in [4.78, 5) is 4.59. The molecule has 1 aromatic carbocycles. The van der Waals surface area contributed by atoms with Crippen molar-refractivity contribution in [2.24, 2.45) is 5.92 Å². The van der Waals surface area contributed by atoms with Crippen molar-refractivity contribution in [1.82, 2.24) is 14.9 Å². The number of hydrogen-bond acceptors (Lipinski definition) is 3. The molecule has 2 aromatic heterocycles. The number of aromatic nitrogens is 2. The van der Waals surface area contributed by atoms with Crippen molar-refractivity contribution in [3.8, 4) is 10.6 Å². The lowest BCUT2D eigenvalue weighted by Crippen LogP contribution is -2.20. The van der Waals surface area contributed by atoms with E-state index >= 15 is 0 Å². The summed E-state index contributed by atoms with van der Waals surface area (Å²) < 4.78 is 40.2. The van der Waals surface area contributed by atoms with Crippen LogP contribution in [0, 0.1) is 5.92 Å². The molecule has 0 aliphatic heterocycles. The molecule has 2 heterocycles. The number of rotatable bonds is 7. The van der Waals surface area contributed by atoms with Crippen molar-refractivity contribution in [1.29, 1.82) is 0 Å². The van der Waals surface area contributed by atoms with Gasteiger partial charge in [0.05, 0.1) is 17.8 Å². The van der Waals surface area contributed by atoms with Gasteiger partial charge in [0.2, 0.25) is 0 Å². The third-order valence-corrected chi connectivity index (χ3v) is 5.07. The van der Waals surface area contributed by atoms with Crippen LogP contribution < -0.4 is 5.32 Å². The van der Waals surface area contributed by atoms with E-state index in [9.17, 15) is 13.2 Å². The van der Waals surface area contributed by atoms with Crippen molar-refractivity contribution in [3.05, 3.63) is 64.9 Å². The first-order valence-corrected chi connectivity index (χ1v) is 9.67. The Labute approximate surface area is 160 Å². The number of thiazole rings is 1. The molecule has 144 valence electrons. The molecule has 1 N–H and O–H groups in total. The van der Waals surface area contributed by atoms with Gasteiger partial charge in [-0.05, 0) is 36.7 Å². The van der Waals surface area contributed by atoms with Crippen molar-refractivity contribution in [3.63, 3.8) is 0 Å². The molecule has 0 radical (unpaired) electrons. The topological polar surface area (TPSA) is 29.9 Å². The monoisotopic (exact) mass is 393 g/mol. The maximum Gasteiger partial charge on any atom is 0.416 e. The van der Waals surface area contributed by atoms with Gasteiger partial charge >= 0.3 is 6.18 Å². The molecule has 0 saturated heterocycles. The summed E-state index contributed by atoms with van der Waals surface area (Å²) in [6.07, 6.45) is -2.30. The first-order chi connectivity index (χ1) is 12.8. The molecule has 0 atom stereocenters. The summed E-state index contributed by atoms with van der Waals surface area (Å²) in [7, 11) is 0. The quantitative estimate of drug-likeness (QED) is 0.580. The van der Waals surface area contributed by atoms with Gasteiger partial charge in [0.15, 0.2) is 0 Å². The highest BCUT2D eigenvalue weighted by atomic mass is 32.1. The number of alkyl halides is 3. The molecular weight excluding hydrogens is 371 g/mol. The predicted octanol–water partition coefficient (Wildman–Crippen LogP) is 5.42. The van der Waals surface area contributed by atoms with E-state index in [4.69, 9.17) is 0 Å². The number of halogens is 3. The minimum Gasteiger partial charge on any atom is -0.344 e. The van der Waals surface area contributed by atoms with Crippen LogP contribution in [-0.2, 0) is 19.3 Å². The molecule has 0 unspecified atom stereocenters. The van der Waals surface area contributed by atoms with Crippen molar-refractivity contribution in [2.45, 2.75) is 33.1 Å². The zero-order chi connectivity index (χ0) is 19.4. The minimum absolute atomic E-state index is 0.596. The van der Waals surface area contributed by atoms with E-state index in [1.165, 1.54) is 29.2 Å². The summed E-state index contributed by atoms with van der Waals surface area (Å²) in [6.45, 7) is 6.73. The lowest BCUT2D eigenvalue weighted by Gasteiger charge is -2.10. The van der Waals surface area contributed by atoms with E-state index in [0.717, 1.165) is 35.9 Å². The van der Waals surface area contributed by atoms with Crippen molar-refractivity contribution >= 4 is 11.3 Å². The first kappa shape index (κ1) is 19.6. The Morgan fingerprint density at radius 1 is 1.15 bits per heavy atom. The number of nitrogens with one attached hydrogen (secondary N) is 1. The Kier molecular flexibility index (Phi) is 6.01. The van der Waals surface area contributed by atoms with Crippen LogP contribution in [-0.4, -0.2) is 16.1 Å². The Morgan fingerprint density at radius 3 is 2.56 bits per heavy atom. The first-order valence-electron chi connectivity index (χ1n) is 8.79. The second kappa shape index (κ2) is 8.27. The molecule has 3 nitrogen and oxygen atoms in total. The molecule has 0 amide bonds. The molecular formula is C20H22F3N3S. The van der Waals surface area contributed by atoms with E-state index in [1.54, 1.807) is 0 Å². The average Bonchev–Trinajstić information content (AvgIpc) is 3.24. The zero-order valence-electron chi connectivity index (χ0n) is 15.3. The van der Waals surface area contributed by atoms with Crippen LogP contribution in [0.25, 0.3) is 10.6 Å². The van der Waals surface area contributed by atoms with E-state index < -0.39 is 11.7 Å². The maximum absolute atomic E-state index is 12.7. The second-order valence-electron chi connectivity index (χ2n) is 6.87. The van der Waals surface area contributed by atoms with E-state index in [0.29, 0.717) is 18.0 Å². The standard InChI is InChI=1S/C20H22F3N3S/c1-14(2)10-24-11-18-4-3-9-26(18)12-17-13-27-19(25-17)15-5-7-16(8-6-15)20(21,22)23/h3-9,13-14,24H,10-12H2,1-2H3. The molecule has 0 saturated carbocycles. The van der Waals surface area contributed by atoms with Crippen LogP contribution in [0.4, 0.5) is 13.2 Å². The van der Waals surface area contributed by atoms with Crippen molar-refractivity contribution < 1.29 is 13.2 Å². The summed E-state index contributed by atoms with van der Waals surface area (Å²) in [6, 6.07) is 9.23. The van der Waals surface area contributed by atoms with Crippen LogP contribution in [0.2, 0.25) is 0 Å². The van der Waals surface area contributed by atoms with Crippen LogP contribution in [0.3, 0.4) is 0 Å². The largest absolute Gasteiger partial charge is 0.416 e. The Bertz CT molecular complexity index is 863. The molecule has 0 aliphatic rings. The normalized spacial score (nSPS) is 12.1. The van der Waals surface area contributed by atoms with E-state index in [2.05, 4.69) is 34.8 Å². The highest BCUT2D eigenvalue weighted by Gasteiger charge is 2.30. The zero-order valence-corrected chi connectivity index (χ0v) is 16.1. The van der Waals surface area contributed by atoms with Gasteiger partial charge in [-0.15, -0.1) is 11.3 Å². The number of hydrogen-bond donors (Lipinski definition) is 1. The predicted molar refractivity (Wildman–Crippen MR) is 103 cm³/mol. The van der Waals surface area contributed by atoms with Crippen molar-refractivity contribution in [2.75, 3.05) is 6.54 Å². The third kappa shape index (κ3) is 5.20. The highest BCUT2D eigenvalue weighted by molar-refractivity contribution is 7.13. The third-order valence-electron chi connectivity index (χ3n) is 4.13. The van der Waals surface area contributed by atoms with Gasteiger partial charge in [0.25, 0.3) is 0 Å². The maximum atomic E-state index is 12.7. The Hall–Kier alpha value is -2.12. The van der Waals surface area contributed by atoms with E-state index in [1.807, 2.05) is 17.6 Å². The van der Waals surface area contributed by atoms with Gasteiger partial charge in [-0.3, -0.25) is 0 Å². The van der Waals surface area contributed by atoms with Crippen LogP contribution in [0.15, 0.2) is 48.0 Å². The van der Waals surface area contributed by atoms with E-state index in [-0.39, 0.29) is 0 Å². The summed E-state index contributed by atoms with van der Waals surface area (Å²) in [5, 5.41) is 6.12. The molecule has 0 spiro atoms. The van der Waals surface area contributed by atoms with Gasteiger partial charge in [-0.25, -0.2) is 4.98 Å². The summed E-state index contributed by atoms with van der Waals surface area (Å²) in [5.74, 6) is 0.596. The lowest BCUT2D eigenvalue weighted by molar-refractivity contribution is -0.137. The van der Waals surface area contributed by atoms with Gasteiger partial charge in [-0.1, -0.05) is 26.0 Å². The smallest absolute Gasteiger partial charge is 0.344 e. The molecule has 0 aliphatic carbocycles. The fraction of sp³-hybridized carbons (Fsp3) is 0.350. The average molecular weight is 393 g/mol. The van der Waals surface area contributed by atoms with Gasteiger partial charge in [0.1, 0.15) is 5.01 Å². The van der Waals surface area contributed by atoms with Crippen LogP contribution >= 0.6 is 11.3 Å². The lowest BCUT2D eigenvalue weighted by atomic mass is 10.1. The van der Waals surface area contributed by atoms with Crippen LogP contribution in [0.5, 0.6) is 0 Å². The van der Waals surface area contributed by atoms with Crippen LogP contribution in [0.1, 0.15) is 30.8 Å². The Morgan fingerprint density at radius 2 is 1.89 bits per heavy atom. The molecule has 0 bridgehead atoms. The molecule has 7 heteroatoms. The van der Waals surface area contributed by atoms with Gasteiger partial charge < -0.3 is 9.88 Å².